The van der Waals surface area contributed by atoms with Crippen molar-refractivity contribution in [1.29, 1.82) is 0 Å². The van der Waals surface area contributed by atoms with Gasteiger partial charge >= 0.3 is 0 Å². The summed E-state index contributed by atoms with van der Waals surface area (Å²) in [6.45, 7) is 11.5. The summed E-state index contributed by atoms with van der Waals surface area (Å²) in [6.07, 6.45) is 0.912. The molecule has 238 valence electrons. The van der Waals surface area contributed by atoms with Gasteiger partial charge in [0.25, 0.3) is 8.32 Å². The minimum atomic E-state index is -2.60. The lowest BCUT2D eigenvalue weighted by molar-refractivity contribution is -0.0244. The largest absolute Gasteiger partial charge is 0.403 e. The molecule has 0 saturated carbocycles. The molecule has 0 fully saturated rings. The van der Waals surface area contributed by atoms with Crippen LogP contribution in [0.3, 0.4) is 0 Å². The quantitative estimate of drug-likeness (QED) is 0.109. The van der Waals surface area contributed by atoms with Gasteiger partial charge in [0.2, 0.25) is 0 Å². The molecule has 5 aromatic carbocycles. The van der Waals surface area contributed by atoms with E-state index in [0.29, 0.717) is 26.4 Å². The first-order valence-electron chi connectivity index (χ1n) is 16.5. The minimum Gasteiger partial charge on any atom is -0.403 e. The number of benzene rings is 5. The van der Waals surface area contributed by atoms with Crippen LogP contribution in [0, 0.1) is 5.92 Å². The second kappa shape index (κ2) is 16.2. The van der Waals surface area contributed by atoms with Gasteiger partial charge in [0, 0.05) is 5.92 Å². The summed E-state index contributed by atoms with van der Waals surface area (Å²) in [5, 5.41) is 2.54. The lowest BCUT2D eigenvalue weighted by atomic mass is 9.94. The highest BCUT2D eigenvalue weighted by molar-refractivity contribution is 6.99. The van der Waals surface area contributed by atoms with Crippen molar-refractivity contribution in [3.63, 3.8) is 0 Å². The highest BCUT2D eigenvalue weighted by atomic mass is 28.4. The van der Waals surface area contributed by atoms with Crippen LogP contribution in [0.1, 0.15) is 49.9 Å². The van der Waals surface area contributed by atoms with Crippen LogP contribution in [0.2, 0.25) is 5.04 Å². The van der Waals surface area contributed by atoms with E-state index in [9.17, 15) is 0 Å². The minimum absolute atomic E-state index is 0.0362. The van der Waals surface area contributed by atoms with Crippen LogP contribution in [0.25, 0.3) is 0 Å². The molecule has 0 aliphatic carbocycles. The molecule has 2 atom stereocenters. The van der Waals surface area contributed by atoms with Crippen LogP contribution in [-0.4, -0.2) is 21.0 Å². The summed E-state index contributed by atoms with van der Waals surface area (Å²) < 4.78 is 19.8. The Labute approximate surface area is 277 Å². The van der Waals surface area contributed by atoms with Crippen molar-refractivity contribution < 1.29 is 13.9 Å². The molecule has 0 saturated heterocycles. The van der Waals surface area contributed by atoms with Crippen molar-refractivity contribution in [1.82, 2.24) is 0 Å². The van der Waals surface area contributed by atoms with E-state index in [4.69, 9.17) is 13.9 Å². The molecule has 0 aromatic heterocycles. The zero-order valence-corrected chi connectivity index (χ0v) is 28.8. The molecule has 0 amide bonds. The number of hydrogen-bond donors (Lipinski definition) is 0. The van der Waals surface area contributed by atoms with E-state index in [1.165, 1.54) is 32.6 Å². The maximum Gasteiger partial charge on any atom is 0.261 e. The predicted octanol–water partition coefficient (Wildman–Crippen LogP) is 8.74. The first-order chi connectivity index (χ1) is 22.3. The number of hydrogen-bond acceptors (Lipinski definition) is 3. The van der Waals surface area contributed by atoms with E-state index >= 15 is 0 Å². The van der Waals surface area contributed by atoms with E-state index in [2.05, 4.69) is 161 Å². The molecule has 5 rings (SSSR count). The smallest absolute Gasteiger partial charge is 0.261 e. The van der Waals surface area contributed by atoms with Crippen LogP contribution in [0.5, 0.6) is 0 Å². The fraction of sp³-hybridized carbons (Fsp3) is 0.286. The van der Waals surface area contributed by atoms with Gasteiger partial charge in [-0.1, -0.05) is 166 Å². The summed E-state index contributed by atoms with van der Waals surface area (Å²) >= 11 is 0. The number of ether oxygens (including phenoxy) is 2. The predicted molar refractivity (Wildman–Crippen MR) is 193 cm³/mol. The normalized spacial score (nSPS) is 13.3. The lowest BCUT2D eigenvalue weighted by Crippen LogP contribution is -2.66. The second-order valence-electron chi connectivity index (χ2n) is 13.2. The Balaban J connectivity index is 1.29. The van der Waals surface area contributed by atoms with Crippen LogP contribution in [0.15, 0.2) is 146 Å². The van der Waals surface area contributed by atoms with Gasteiger partial charge in [-0.3, -0.25) is 0 Å². The standard InChI is InChI=1S/C42H48O3Si/c1-34(44-31-37-19-11-6-12-20-37)39(33-43-30-36-17-9-5-10-18-36)29-35-25-27-38(28-26-35)32-45-46(42(2,3)4,40-21-13-7-14-22-40)41-23-15-8-16-24-41/h5-28,34,39H,29-33H2,1-4H3/t34-,39+/m1/s1. The lowest BCUT2D eigenvalue weighted by Gasteiger charge is -2.43. The Morgan fingerprint density at radius 2 is 0.957 bits per heavy atom. The van der Waals surface area contributed by atoms with Crippen molar-refractivity contribution in [2.24, 2.45) is 5.92 Å². The molecule has 0 aliphatic rings. The number of rotatable bonds is 15. The van der Waals surface area contributed by atoms with Gasteiger partial charge in [-0.15, -0.1) is 0 Å². The molecule has 5 aromatic rings. The molecule has 0 N–H and O–H groups in total. The molecule has 0 radical (unpaired) electrons. The Bertz CT molecular complexity index is 1530. The Kier molecular flexibility index (Phi) is 11.8. The van der Waals surface area contributed by atoms with E-state index in [1.54, 1.807) is 0 Å². The van der Waals surface area contributed by atoms with Gasteiger partial charge in [0.1, 0.15) is 0 Å². The van der Waals surface area contributed by atoms with E-state index < -0.39 is 8.32 Å². The fourth-order valence-corrected chi connectivity index (χ4v) is 10.8. The average molecular weight is 629 g/mol. The van der Waals surface area contributed by atoms with Crippen LogP contribution >= 0.6 is 0 Å². The monoisotopic (exact) mass is 628 g/mol. The molecule has 3 nitrogen and oxygen atoms in total. The third-order valence-electron chi connectivity index (χ3n) is 8.86. The zero-order chi connectivity index (χ0) is 32.2. The van der Waals surface area contributed by atoms with Crippen molar-refractivity contribution in [2.75, 3.05) is 6.61 Å². The Morgan fingerprint density at radius 1 is 0.522 bits per heavy atom. The first kappa shape index (κ1) is 33.6. The molecule has 0 heterocycles. The van der Waals surface area contributed by atoms with Gasteiger partial charge in [-0.25, -0.2) is 0 Å². The first-order valence-corrected chi connectivity index (χ1v) is 18.4. The Morgan fingerprint density at radius 3 is 1.46 bits per heavy atom. The summed E-state index contributed by atoms with van der Waals surface area (Å²) in [5.41, 5.74) is 4.83. The highest BCUT2D eigenvalue weighted by Gasteiger charge is 2.50. The fourth-order valence-electron chi connectivity index (χ4n) is 6.23. The van der Waals surface area contributed by atoms with Crippen molar-refractivity contribution >= 4 is 18.7 Å². The molecule has 0 aliphatic heterocycles. The molecule has 46 heavy (non-hydrogen) atoms. The third kappa shape index (κ3) is 8.71. The molecule has 0 spiro atoms. The molecule has 0 unspecified atom stereocenters. The van der Waals surface area contributed by atoms with Crippen LogP contribution < -0.4 is 10.4 Å². The molecule has 4 heteroatoms. The van der Waals surface area contributed by atoms with Crippen LogP contribution in [-0.2, 0) is 40.1 Å². The molecule has 0 bridgehead atoms. The van der Waals surface area contributed by atoms with E-state index in [1.807, 2.05) is 12.1 Å². The van der Waals surface area contributed by atoms with Gasteiger partial charge in [0.05, 0.1) is 32.5 Å². The maximum atomic E-state index is 7.18. The van der Waals surface area contributed by atoms with Gasteiger partial charge in [-0.05, 0) is 51.0 Å². The Hall–Kier alpha value is -3.80. The highest BCUT2D eigenvalue weighted by Crippen LogP contribution is 2.37. The maximum absolute atomic E-state index is 7.18. The van der Waals surface area contributed by atoms with Gasteiger partial charge in [-0.2, -0.15) is 0 Å². The SMILES string of the molecule is C[C@@H](OCc1ccccc1)[C@H](COCc1ccccc1)Cc1ccc(CO[Si](c2ccccc2)(c2ccccc2)C(C)(C)C)cc1. The third-order valence-corrected chi connectivity index (χ3v) is 13.8. The van der Waals surface area contributed by atoms with Crippen molar-refractivity contribution in [3.05, 3.63) is 168 Å². The van der Waals surface area contributed by atoms with E-state index in [0.717, 1.165) is 6.42 Å². The van der Waals surface area contributed by atoms with Crippen molar-refractivity contribution in [2.45, 2.75) is 65.1 Å². The summed E-state index contributed by atoms with van der Waals surface area (Å²) in [6, 6.07) is 51.4. The van der Waals surface area contributed by atoms with Gasteiger partial charge < -0.3 is 13.9 Å². The van der Waals surface area contributed by atoms with E-state index in [-0.39, 0.29) is 17.1 Å². The van der Waals surface area contributed by atoms with Gasteiger partial charge in [0.15, 0.2) is 0 Å². The average Bonchev–Trinajstić information content (AvgIpc) is 3.09. The molecular formula is C42H48O3Si. The summed E-state index contributed by atoms with van der Waals surface area (Å²) in [7, 11) is -2.60. The summed E-state index contributed by atoms with van der Waals surface area (Å²) in [5.74, 6) is 0.214. The molecular weight excluding hydrogens is 581 g/mol. The van der Waals surface area contributed by atoms with Crippen molar-refractivity contribution in [3.8, 4) is 0 Å². The summed E-state index contributed by atoms with van der Waals surface area (Å²) in [4.78, 5) is 0. The zero-order valence-electron chi connectivity index (χ0n) is 27.8. The topological polar surface area (TPSA) is 27.7 Å². The second-order valence-corrected chi connectivity index (χ2v) is 17.5. The van der Waals surface area contributed by atoms with Crippen LogP contribution in [0.4, 0.5) is 0 Å².